The molecule has 2 heteroatoms. The molecule has 0 fully saturated rings. The molecule has 3 rings (SSSR count). The van der Waals surface area contributed by atoms with Crippen LogP contribution in [0.15, 0.2) is 84.0 Å². The second-order valence-corrected chi connectivity index (χ2v) is 6.14. The van der Waals surface area contributed by atoms with Crippen molar-refractivity contribution in [1.82, 2.24) is 4.90 Å². The molecule has 0 amide bonds. The first-order chi connectivity index (χ1) is 11.2. The third-order valence-corrected chi connectivity index (χ3v) is 4.35. The lowest BCUT2D eigenvalue weighted by molar-refractivity contribution is 0.505. The van der Waals surface area contributed by atoms with Crippen LogP contribution < -0.4 is 5.73 Å². The average molecular weight is 304 g/mol. The number of nitrogens with zero attached hydrogens (tertiary/aromatic N) is 1. The average Bonchev–Trinajstić information content (AvgIpc) is 2.58. The van der Waals surface area contributed by atoms with Crippen LogP contribution in [0.2, 0.25) is 0 Å². The molecule has 23 heavy (non-hydrogen) atoms. The third-order valence-electron chi connectivity index (χ3n) is 4.35. The molecule has 0 radical (unpaired) electrons. The highest BCUT2D eigenvalue weighted by atomic mass is 15.2. The molecule has 0 saturated heterocycles. The van der Waals surface area contributed by atoms with Gasteiger partial charge in [-0.1, -0.05) is 49.1 Å². The summed E-state index contributed by atoms with van der Waals surface area (Å²) < 4.78 is 0. The molecule has 0 bridgehead atoms. The summed E-state index contributed by atoms with van der Waals surface area (Å²) in [4.78, 5) is 2.22. The molecule has 118 valence electrons. The van der Waals surface area contributed by atoms with E-state index in [1.54, 1.807) is 0 Å². The van der Waals surface area contributed by atoms with E-state index in [4.69, 9.17) is 5.73 Å². The standard InChI is InChI=1S/C21H24N2/c1-16(2)23(19-11-7-4-8-12-19)21-15-18(13-14-20(21)22)17-9-5-3-6-10-17/h3-7,9-11,15H,1,8,12-14,22H2,2H3. The Balaban J connectivity index is 2.01. The van der Waals surface area contributed by atoms with Gasteiger partial charge in [0.25, 0.3) is 0 Å². The van der Waals surface area contributed by atoms with Gasteiger partial charge in [0, 0.05) is 17.1 Å². The fraction of sp³-hybridized carbons (Fsp3) is 0.238. The Morgan fingerprint density at radius 2 is 1.91 bits per heavy atom. The van der Waals surface area contributed by atoms with Crippen LogP contribution in [0.25, 0.3) is 5.57 Å². The van der Waals surface area contributed by atoms with E-state index in [0.717, 1.165) is 42.8 Å². The Labute approximate surface area is 139 Å². The van der Waals surface area contributed by atoms with E-state index in [1.165, 1.54) is 16.8 Å². The quantitative estimate of drug-likeness (QED) is 0.838. The van der Waals surface area contributed by atoms with Crippen LogP contribution >= 0.6 is 0 Å². The lowest BCUT2D eigenvalue weighted by Gasteiger charge is -2.33. The van der Waals surface area contributed by atoms with Crippen LogP contribution in [0.3, 0.4) is 0 Å². The molecule has 2 N–H and O–H groups in total. The van der Waals surface area contributed by atoms with Crippen LogP contribution in [0, 0.1) is 0 Å². The number of hydrogen-bond donors (Lipinski definition) is 1. The molecule has 0 atom stereocenters. The summed E-state index contributed by atoms with van der Waals surface area (Å²) in [5, 5.41) is 0. The van der Waals surface area contributed by atoms with Gasteiger partial charge in [0.2, 0.25) is 0 Å². The van der Waals surface area contributed by atoms with Gasteiger partial charge in [-0.05, 0) is 55.9 Å². The molecule has 2 aliphatic carbocycles. The number of benzene rings is 1. The zero-order chi connectivity index (χ0) is 16.2. The van der Waals surface area contributed by atoms with Gasteiger partial charge in [0.05, 0.1) is 5.70 Å². The van der Waals surface area contributed by atoms with E-state index < -0.39 is 0 Å². The summed E-state index contributed by atoms with van der Waals surface area (Å²) in [5.41, 5.74) is 13.3. The van der Waals surface area contributed by atoms with Gasteiger partial charge in [-0.3, -0.25) is 0 Å². The Kier molecular flexibility index (Phi) is 4.52. The predicted octanol–water partition coefficient (Wildman–Crippen LogP) is 5.10. The summed E-state index contributed by atoms with van der Waals surface area (Å²) in [7, 11) is 0. The lowest BCUT2D eigenvalue weighted by Crippen LogP contribution is -2.25. The molecule has 0 aromatic heterocycles. The fourth-order valence-corrected chi connectivity index (χ4v) is 3.20. The highest BCUT2D eigenvalue weighted by Gasteiger charge is 2.21. The number of hydrogen-bond acceptors (Lipinski definition) is 2. The van der Waals surface area contributed by atoms with Gasteiger partial charge in [-0.25, -0.2) is 0 Å². The van der Waals surface area contributed by atoms with Crippen molar-refractivity contribution in [2.45, 2.75) is 32.6 Å². The topological polar surface area (TPSA) is 29.3 Å². The van der Waals surface area contributed by atoms with Gasteiger partial charge in [0.15, 0.2) is 0 Å². The molecule has 2 aliphatic rings. The molecule has 0 spiro atoms. The third kappa shape index (κ3) is 3.31. The van der Waals surface area contributed by atoms with E-state index >= 15 is 0 Å². The van der Waals surface area contributed by atoms with Crippen molar-refractivity contribution in [3.63, 3.8) is 0 Å². The minimum Gasteiger partial charge on any atom is -0.400 e. The Bertz CT molecular complexity index is 717. The van der Waals surface area contributed by atoms with Crippen molar-refractivity contribution in [2.75, 3.05) is 0 Å². The molecule has 2 nitrogen and oxygen atoms in total. The van der Waals surface area contributed by atoms with E-state index in [1.807, 2.05) is 6.92 Å². The molecular weight excluding hydrogens is 280 g/mol. The fourth-order valence-electron chi connectivity index (χ4n) is 3.20. The van der Waals surface area contributed by atoms with Gasteiger partial charge in [-0.2, -0.15) is 0 Å². The molecular formula is C21H24N2. The van der Waals surface area contributed by atoms with Crippen molar-refractivity contribution in [3.8, 4) is 0 Å². The van der Waals surface area contributed by atoms with Crippen LogP contribution in [0.4, 0.5) is 0 Å². The van der Waals surface area contributed by atoms with Crippen molar-refractivity contribution in [3.05, 3.63) is 89.6 Å². The first kappa shape index (κ1) is 15.4. The van der Waals surface area contributed by atoms with Gasteiger partial charge in [0.1, 0.15) is 0 Å². The second kappa shape index (κ2) is 6.74. The summed E-state index contributed by atoms with van der Waals surface area (Å²) in [6, 6.07) is 10.6. The van der Waals surface area contributed by atoms with Gasteiger partial charge >= 0.3 is 0 Å². The molecule has 0 unspecified atom stereocenters. The van der Waals surface area contributed by atoms with Crippen LogP contribution in [-0.4, -0.2) is 4.90 Å². The van der Waals surface area contributed by atoms with Crippen LogP contribution in [-0.2, 0) is 0 Å². The highest BCUT2D eigenvalue weighted by Crippen LogP contribution is 2.34. The summed E-state index contributed by atoms with van der Waals surface area (Å²) in [6.07, 6.45) is 12.7. The zero-order valence-electron chi connectivity index (χ0n) is 13.8. The first-order valence-electron chi connectivity index (χ1n) is 8.23. The molecule has 1 aromatic carbocycles. The Morgan fingerprint density at radius 3 is 2.57 bits per heavy atom. The maximum absolute atomic E-state index is 6.37. The maximum Gasteiger partial charge on any atom is 0.0645 e. The minimum atomic E-state index is 0.892. The van der Waals surface area contributed by atoms with Crippen LogP contribution in [0.5, 0.6) is 0 Å². The lowest BCUT2D eigenvalue weighted by atomic mass is 9.93. The van der Waals surface area contributed by atoms with Crippen molar-refractivity contribution >= 4 is 5.57 Å². The molecule has 0 heterocycles. The predicted molar refractivity (Wildman–Crippen MR) is 98.0 cm³/mol. The number of allylic oxidation sites excluding steroid dienone is 8. The summed E-state index contributed by atoms with van der Waals surface area (Å²) in [5.74, 6) is 0. The highest BCUT2D eigenvalue weighted by molar-refractivity contribution is 5.70. The van der Waals surface area contributed by atoms with E-state index in [-0.39, 0.29) is 0 Å². The molecule has 0 saturated carbocycles. The largest absolute Gasteiger partial charge is 0.400 e. The number of nitrogens with two attached hydrogens (primary N) is 1. The van der Waals surface area contributed by atoms with Crippen molar-refractivity contribution < 1.29 is 0 Å². The molecule has 0 aliphatic heterocycles. The van der Waals surface area contributed by atoms with E-state index in [2.05, 4.69) is 66.1 Å². The number of rotatable bonds is 4. The monoisotopic (exact) mass is 304 g/mol. The van der Waals surface area contributed by atoms with E-state index in [0.29, 0.717) is 0 Å². The normalized spacial score (nSPS) is 17.6. The van der Waals surface area contributed by atoms with Crippen molar-refractivity contribution in [2.24, 2.45) is 5.73 Å². The smallest absolute Gasteiger partial charge is 0.0645 e. The Morgan fingerprint density at radius 1 is 1.13 bits per heavy atom. The van der Waals surface area contributed by atoms with Crippen LogP contribution in [0.1, 0.15) is 38.2 Å². The maximum atomic E-state index is 6.37. The van der Waals surface area contributed by atoms with Gasteiger partial charge < -0.3 is 10.6 Å². The molecule has 1 aromatic rings. The van der Waals surface area contributed by atoms with Crippen molar-refractivity contribution in [1.29, 1.82) is 0 Å². The SMILES string of the molecule is C=C(C)N(C1=CC=CCC1)C1=C(N)CCC(c2ccccc2)=C1. The van der Waals surface area contributed by atoms with E-state index in [9.17, 15) is 0 Å². The minimum absolute atomic E-state index is 0.892. The first-order valence-corrected chi connectivity index (χ1v) is 8.23. The summed E-state index contributed by atoms with van der Waals surface area (Å²) in [6.45, 7) is 6.23. The second-order valence-electron chi connectivity index (χ2n) is 6.14. The zero-order valence-corrected chi connectivity index (χ0v) is 13.8. The Hall–Kier alpha value is -2.48. The summed E-state index contributed by atoms with van der Waals surface area (Å²) >= 11 is 0. The van der Waals surface area contributed by atoms with Gasteiger partial charge in [-0.15, -0.1) is 0 Å².